The molecule has 7 rings (SSSR count). The Balaban J connectivity index is 1.18. The zero-order chi connectivity index (χ0) is 29.2. The summed E-state index contributed by atoms with van der Waals surface area (Å²) in [6.07, 6.45) is 0.682. The number of halogens is 1. The first kappa shape index (κ1) is 26.4. The highest BCUT2D eigenvalue weighted by Crippen LogP contribution is 2.34. The summed E-state index contributed by atoms with van der Waals surface area (Å²) in [5.41, 5.74) is 5.57. The average molecular weight is 572 g/mol. The molecular weight excluding hydrogens is 545 g/mol. The second kappa shape index (κ2) is 11.4. The lowest BCUT2D eigenvalue weighted by molar-refractivity contribution is 0.0989. The zero-order valence-corrected chi connectivity index (χ0v) is 23.1. The maximum atomic E-state index is 13.9. The van der Waals surface area contributed by atoms with Crippen molar-refractivity contribution in [2.24, 2.45) is 0 Å². The van der Waals surface area contributed by atoms with Gasteiger partial charge in [0.2, 0.25) is 17.7 Å². The molecule has 3 heterocycles. The molecule has 212 valence electrons. The summed E-state index contributed by atoms with van der Waals surface area (Å²) >= 11 is 0. The lowest BCUT2D eigenvalue weighted by Gasteiger charge is -2.17. The molecule has 0 atom stereocenters. The molecule has 4 aromatic carbocycles. The van der Waals surface area contributed by atoms with Crippen LogP contribution in [0.5, 0.6) is 11.8 Å². The largest absolute Gasteiger partial charge is 0.473 e. The molecule has 0 unspecified atom stereocenters. The lowest BCUT2D eigenvalue weighted by Crippen LogP contribution is -2.28. The fraction of sp³-hybridized carbons (Fsp3) is 0.114. The second-order valence-corrected chi connectivity index (χ2v) is 10.2. The molecule has 1 amide bonds. The van der Waals surface area contributed by atoms with Crippen LogP contribution >= 0.6 is 0 Å². The normalized spacial score (nSPS) is 12.3. The van der Waals surface area contributed by atoms with E-state index in [0.29, 0.717) is 71.7 Å². The van der Waals surface area contributed by atoms with Crippen LogP contribution in [0.3, 0.4) is 0 Å². The smallest absolute Gasteiger partial charge is 0.258 e. The number of benzene rings is 4. The molecule has 7 nitrogen and oxygen atoms in total. The number of oxazole rings is 1. The Bertz CT molecular complexity index is 1920. The number of hydrogen-bond donors (Lipinski definition) is 0. The van der Waals surface area contributed by atoms with Crippen molar-refractivity contribution in [3.63, 3.8) is 0 Å². The van der Waals surface area contributed by atoms with Crippen LogP contribution in [0.15, 0.2) is 114 Å². The van der Waals surface area contributed by atoms with Gasteiger partial charge in [-0.1, -0.05) is 66.7 Å². The van der Waals surface area contributed by atoms with Crippen molar-refractivity contribution < 1.29 is 23.1 Å². The van der Waals surface area contributed by atoms with Crippen LogP contribution in [0.25, 0.3) is 22.6 Å². The number of carbonyl (C=O) groups is 1. The summed E-state index contributed by atoms with van der Waals surface area (Å²) < 4.78 is 32.1. The maximum Gasteiger partial charge on any atom is 0.258 e. The third-order valence-corrected chi connectivity index (χ3v) is 7.34. The Morgan fingerprint density at radius 1 is 0.814 bits per heavy atom. The highest BCUT2D eigenvalue weighted by atomic mass is 19.1. The van der Waals surface area contributed by atoms with E-state index in [9.17, 15) is 9.18 Å². The first-order valence-corrected chi connectivity index (χ1v) is 14.0. The quantitative estimate of drug-likeness (QED) is 0.190. The minimum absolute atomic E-state index is 0.218. The molecule has 0 bridgehead atoms. The number of rotatable bonds is 8. The molecule has 0 saturated carbocycles. The van der Waals surface area contributed by atoms with Crippen molar-refractivity contribution in [2.45, 2.75) is 19.6 Å². The van der Waals surface area contributed by atoms with Crippen molar-refractivity contribution in [3.05, 3.63) is 137 Å². The van der Waals surface area contributed by atoms with Crippen molar-refractivity contribution in [1.29, 1.82) is 0 Å². The van der Waals surface area contributed by atoms with Gasteiger partial charge in [0.15, 0.2) is 5.58 Å². The molecule has 2 aromatic heterocycles. The summed E-state index contributed by atoms with van der Waals surface area (Å²) in [5, 5.41) is 0. The number of amides is 1. The molecule has 0 N–H and O–H groups in total. The predicted octanol–water partition coefficient (Wildman–Crippen LogP) is 7.39. The van der Waals surface area contributed by atoms with Gasteiger partial charge >= 0.3 is 0 Å². The monoisotopic (exact) mass is 571 g/mol. The summed E-state index contributed by atoms with van der Waals surface area (Å²) in [6, 6.07) is 32.9. The number of anilines is 1. The number of fused-ring (bicyclic) bond motifs is 2. The summed E-state index contributed by atoms with van der Waals surface area (Å²) in [7, 11) is 0. The molecule has 1 aliphatic heterocycles. The van der Waals surface area contributed by atoms with E-state index >= 15 is 0 Å². The molecule has 0 saturated heterocycles. The van der Waals surface area contributed by atoms with Gasteiger partial charge in [0.1, 0.15) is 24.5 Å². The van der Waals surface area contributed by atoms with E-state index in [1.54, 1.807) is 41.3 Å². The van der Waals surface area contributed by atoms with Crippen molar-refractivity contribution in [3.8, 4) is 23.2 Å². The van der Waals surface area contributed by atoms with Gasteiger partial charge in [-0.25, -0.2) is 9.37 Å². The molecule has 0 aliphatic carbocycles. The fourth-order valence-corrected chi connectivity index (χ4v) is 5.13. The number of ether oxygens (including phenoxy) is 2. The summed E-state index contributed by atoms with van der Waals surface area (Å²) in [6.45, 7) is 1.14. The SMILES string of the molecule is O=C(c1ccc2oc(-c3ccc(OCc4ccccc4)nc3OCc3ccccc3)nc2c1)N1CCc2ccc(F)cc21. The third kappa shape index (κ3) is 5.55. The van der Waals surface area contributed by atoms with E-state index < -0.39 is 0 Å². The van der Waals surface area contributed by atoms with Crippen LogP contribution in [0.4, 0.5) is 10.1 Å². The highest BCUT2D eigenvalue weighted by molar-refractivity contribution is 6.08. The van der Waals surface area contributed by atoms with Gasteiger partial charge in [-0.15, -0.1) is 0 Å². The molecule has 0 spiro atoms. The summed E-state index contributed by atoms with van der Waals surface area (Å²) in [4.78, 5) is 24.4. The molecular formula is C35H26FN3O4. The van der Waals surface area contributed by atoms with E-state index in [4.69, 9.17) is 18.9 Å². The number of aromatic nitrogens is 2. The zero-order valence-electron chi connectivity index (χ0n) is 23.1. The predicted molar refractivity (Wildman–Crippen MR) is 161 cm³/mol. The second-order valence-electron chi connectivity index (χ2n) is 10.2. The Morgan fingerprint density at radius 3 is 2.33 bits per heavy atom. The van der Waals surface area contributed by atoms with E-state index in [0.717, 1.165) is 16.7 Å². The Kier molecular flexibility index (Phi) is 7.00. The molecule has 43 heavy (non-hydrogen) atoms. The van der Waals surface area contributed by atoms with Gasteiger partial charge < -0.3 is 18.8 Å². The topological polar surface area (TPSA) is 77.7 Å². The number of pyridine rings is 1. The standard InChI is InChI=1S/C35H26FN3O4/c36-27-13-11-25-17-18-39(30(25)20-27)35(40)26-12-15-31-29(19-26)37-34(43-31)28-14-16-32(41-21-23-7-3-1-4-8-23)38-33(28)42-22-24-9-5-2-6-10-24/h1-16,19-20H,17-18,21-22H2. The third-order valence-electron chi connectivity index (χ3n) is 7.34. The molecule has 1 aliphatic rings. The molecule has 0 radical (unpaired) electrons. The Hall–Kier alpha value is -5.50. The number of hydrogen-bond acceptors (Lipinski definition) is 6. The van der Waals surface area contributed by atoms with Gasteiger partial charge in [-0.3, -0.25) is 4.79 Å². The van der Waals surface area contributed by atoms with Crippen molar-refractivity contribution in [2.75, 3.05) is 11.4 Å². The fourth-order valence-electron chi connectivity index (χ4n) is 5.13. The molecule has 6 aromatic rings. The number of nitrogens with zero attached hydrogens (tertiary/aromatic N) is 3. The van der Waals surface area contributed by atoms with Crippen LogP contribution in [0.2, 0.25) is 0 Å². The Morgan fingerprint density at radius 2 is 1.56 bits per heavy atom. The van der Waals surface area contributed by atoms with Crippen LogP contribution in [0.1, 0.15) is 27.0 Å². The van der Waals surface area contributed by atoms with Gasteiger partial charge in [0.05, 0.1) is 11.3 Å². The minimum Gasteiger partial charge on any atom is -0.473 e. The van der Waals surface area contributed by atoms with E-state index in [-0.39, 0.29) is 11.7 Å². The van der Waals surface area contributed by atoms with Gasteiger partial charge in [-0.05, 0) is 59.5 Å². The first-order chi connectivity index (χ1) is 21.1. The highest BCUT2D eigenvalue weighted by Gasteiger charge is 2.27. The maximum absolute atomic E-state index is 13.9. The minimum atomic E-state index is -0.370. The average Bonchev–Trinajstić information content (AvgIpc) is 3.67. The van der Waals surface area contributed by atoms with Crippen molar-refractivity contribution >= 4 is 22.7 Å². The van der Waals surface area contributed by atoms with Gasteiger partial charge in [0, 0.05) is 18.2 Å². The first-order valence-electron chi connectivity index (χ1n) is 14.0. The van der Waals surface area contributed by atoms with Crippen LogP contribution in [-0.2, 0) is 19.6 Å². The van der Waals surface area contributed by atoms with Crippen LogP contribution < -0.4 is 14.4 Å². The summed E-state index contributed by atoms with van der Waals surface area (Å²) in [5.74, 6) is 0.433. The Labute approximate surface area is 247 Å². The van der Waals surface area contributed by atoms with E-state index in [1.165, 1.54) is 12.1 Å². The van der Waals surface area contributed by atoms with E-state index in [2.05, 4.69) is 4.98 Å². The molecule has 8 heteroatoms. The van der Waals surface area contributed by atoms with Gasteiger partial charge in [0.25, 0.3) is 5.91 Å². The molecule has 0 fully saturated rings. The lowest BCUT2D eigenvalue weighted by atomic mass is 10.1. The van der Waals surface area contributed by atoms with Gasteiger partial charge in [-0.2, -0.15) is 4.98 Å². The van der Waals surface area contributed by atoms with Crippen LogP contribution in [-0.4, -0.2) is 22.4 Å². The van der Waals surface area contributed by atoms with Crippen molar-refractivity contribution in [1.82, 2.24) is 9.97 Å². The number of carbonyl (C=O) groups excluding carboxylic acids is 1. The van der Waals surface area contributed by atoms with Crippen LogP contribution in [0, 0.1) is 5.82 Å². The van der Waals surface area contributed by atoms with E-state index in [1.807, 2.05) is 60.7 Å².